The van der Waals surface area contributed by atoms with E-state index in [1.165, 1.54) is 11.6 Å². The molecule has 1 fully saturated rings. The van der Waals surface area contributed by atoms with Crippen molar-refractivity contribution in [2.75, 3.05) is 44.2 Å². The van der Waals surface area contributed by atoms with Gasteiger partial charge in [0.1, 0.15) is 5.82 Å². The van der Waals surface area contributed by atoms with Crippen LogP contribution in [0.4, 0.5) is 10.1 Å². The second-order valence-corrected chi connectivity index (χ2v) is 6.62. The number of amides is 1. The van der Waals surface area contributed by atoms with Crippen LogP contribution in [0.5, 0.6) is 0 Å². The van der Waals surface area contributed by atoms with Gasteiger partial charge in [0.05, 0.1) is 5.69 Å². The molecule has 2 aromatic carbocycles. The van der Waals surface area contributed by atoms with Crippen molar-refractivity contribution in [3.05, 3.63) is 66.0 Å². The van der Waals surface area contributed by atoms with Gasteiger partial charge < -0.3 is 10.2 Å². The molecular weight excluding hydrogens is 329 g/mol. The van der Waals surface area contributed by atoms with Gasteiger partial charge in [0.25, 0.3) is 0 Å². The molecule has 0 aliphatic carbocycles. The lowest BCUT2D eigenvalue weighted by atomic mass is 10.1. The maximum atomic E-state index is 13.9. The van der Waals surface area contributed by atoms with Crippen molar-refractivity contribution in [2.24, 2.45) is 0 Å². The number of carbonyl (C=O) groups is 1. The number of carbonyl (C=O) groups excluding carboxylic acids is 1. The monoisotopic (exact) mass is 355 g/mol. The number of halogens is 1. The third kappa shape index (κ3) is 5.30. The van der Waals surface area contributed by atoms with E-state index < -0.39 is 0 Å². The minimum absolute atomic E-state index is 0.0949. The number of benzene rings is 2. The summed E-state index contributed by atoms with van der Waals surface area (Å²) < 4.78 is 13.9. The molecule has 5 heteroatoms. The summed E-state index contributed by atoms with van der Waals surface area (Å²) in [5.41, 5.74) is 1.91. The van der Waals surface area contributed by atoms with Crippen LogP contribution in [0.3, 0.4) is 0 Å². The first-order valence-electron chi connectivity index (χ1n) is 9.25. The molecule has 1 heterocycles. The highest BCUT2D eigenvalue weighted by Gasteiger charge is 2.19. The Morgan fingerprint density at radius 3 is 2.38 bits per heavy atom. The molecule has 0 saturated carbocycles. The Kier molecular flexibility index (Phi) is 6.61. The molecule has 2 aromatic rings. The van der Waals surface area contributed by atoms with Crippen LogP contribution in [0.2, 0.25) is 0 Å². The van der Waals surface area contributed by atoms with Crippen molar-refractivity contribution in [1.29, 1.82) is 0 Å². The number of hydrogen-bond donors (Lipinski definition) is 1. The molecule has 3 rings (SSSR count). The Hall–Kier alpha value is -2.40. The van der Waals surface area contributed by atoms with Gasteiger partial charge in [0.15, 0.2) is 0 Å². The molecule has 4 nitrogen and oxygen atoms in total. The number of nitrogens with one attached hydrogen (secondary N) is 1. The lowest BCUT2D eigenvalue weighted by Crippen LogP contribution is -2.47. The second kappa shape index (κ2) is 9.34. The number of piperazine rings is 1. The van der Waals surface area contributed by atoms with E-state index in [9.17, 15) is 9.18 Å². The van der Waals surface area contributed by atoms with Crippen molar-refractivity contribution in [2.45, 2.75) is 12.8 Å². The zero-order valence-corrected chi connectivity index (χ0v) is 15.0. The summed E-state index contributed by atoms with van der Waals surface area (Å²) in [5, 5.41) is 2.99. The maximum absolute atomic E-state index is 13.9. The van der Waals surface area contributed by atoms with Crippen molar-refractivity contribution in [3.8, 4) is 0 Å². The standard InChI is InChI=1S/C21H26FN3O/c22-19-8-4-5-9-20(19)25-16-14-24(15-17-25)13-11-21(26)23-12-10-18-6-2-1-3-7-18/h1-9H,10-17H2,(H,23,26). The summed E-state index contributed by atoms with van der Waals surface area (Å²) in [6.45, 7) is 4.70. The van der Waals surface area contributed by atoms with Gasteiger partial charge in [0.2, 0.25) is 5.91 Å². The van der Waals surface area contributed by atoms with Crippen LogP contribution in [0.25, 0.3) is 0 Å². The van der Waals surface area contributed by atoms with Gasteiger partial charge in [-0.05, 0) is 24.1 Å². The minimum Gasteiger partial charge on any atom is -0.367 e. The molecule has 1 saturated heterocycles. The highest BCUT2D eigenvalue weighted by atomic mass is 19.1. The first-order chi connectivity index (χ1) is 12.7. The summed E-state index contributed by atoms with van der Waals surface area (Å²) in [5.74, 6) is -0.0730. The fourth-order valence-corrected chi connectivity index (χ4v) is 3.26. The summed E-state index contributed by atoms with van der Waals surface area (Å²) in [6.07, 6.45) is 1.36. The molecule has 0 radical (unpaired) electrons. The summed E-state index contributed by atoms with van der Waals surface area (Å²) in [7, 11) is 0. The predicted molar refractivity (Wildman–Crippen MR) is 103 cm³/mol. The predicted octanol–water partition coefficient (Wildman–Crippen LogP) is 2.70. The highest BCUT2D eigenvalue weighted by molar-refractivity contribution is 5.76. The molecule has 26 heavy (non-hydrogen) atoms. The van der Waals surface area contributed by atoms with Crippen LogP contribution >= 0.6 is 0 Å². The normalized spacial score (nSPS) is 15.0. The van der Waals surface area contributed by atoms with E-state index in [1.54, 1.807) is 6.07 Å². The Morgan fingerprint density at radius 2 is 1.65 bits per heavy atom. The van der Waals surface area contributed by atoms with Crippen molar-refractivity contribution in [3.63, 3.8) is 0 Å². The Bertz CT molecular complexity index is 699. The Morgan fingerprint density at radius 1 is 0.962 bits per heavy atom. The number of rotatable bonds is 7. The van der Waals surface area contributed by atoms with E-state index in [0.717, 1.165) is 39.1 Å². The molecule has 1 aliphatic rings. The van der Waals surface area contributed by atoms with Gasteiger partial charge in [-0.25, -0.2) is 4.39 Å². The number of anilines is 1. The number of nitrogens with zero attached hydrogens (tertiary/aromatic N) is 2. The first kappa shape index (κ1) is 18.4. The average Bonchev–Trinajstić information content (AvgIpc) is 2.68. The molecule has 1 N–H and O–H groups in total. The summed E-state index contributed by atoms with van der Waals surface area (Å²) in [4.78, 5) is 16.4. The second-order valence-electron chi connectivity index (χ2n) is 6.62. The largest absolute Gasteiger partial charge is 0.367 e. The highest BCUT2D eigenvalue weighted by Crippen LogP contribution is 2.20. The van der Waals surface area contributed by atoms with Gasteiger partial charge in [-0.2, -0.15) is 0 Å². The van der Waals surface area contributed by atoms with E-state index in [-0.39, 0.29) is 11.7 Å². The van der Waals surface area contributed by atoms with Crippen LogP contribution in [0.15, 0.2) is 54.6 Å². The average molecular weight is 355 g/mol. The molecule has 0 atom stereocenters. The third-order valence-corrected chi connectivity index (χ3v) is 4.80. The lowest BCUT2D eigenvalue weighted by Gasteiger charge is -2.36. The molecule has 0 aromatic heterocycles. The van der Waals surface area contributed by atoms with Crippen LogP contribution in [0.1, 0.15) is 12.0 Å². The van der Waals surface area contributed by atoms with Gasteiger partial charge in [-0.15, -0.1) is 0 Å². The van der Waals surface area contributed by atoms with Crippen LogP contribution in [0, 0.1) is 5.82 Å². The van der Waals surface area contributed by atoms with Crippen molar-refractivity contribution < 1.29 is 9.18 Å². The lowest BCUT2D eigenvalue weighted by molar-refractivity contribution is -0.121. The van der Waals surface area contributed by atoms with Crippen LogP contribution in [-0.2, 0) is 11.2 Å². The van der Waals surface area contributed by atoms with Crippen LogP contribution < -0.4 is 10.2 Å². The fourth-order valence-electron chi connectivity index (χ4n) is 3.26. The van der Waals surface area contributed by atoms with E-state index in [4.69, 9.17) is 0 Å². The first-order valence-corrected chi connectivity index (χ1v) is 9.25. The van der Waals surface area contributed by atoms with E-state index in [0.29, 0.717) is 18.7 Å². The zero-order valence-electron chi connectivity index (χ0n) is 15.0. The maximum Gasteiger partial charge on any atom is 0.221 e. The topological polar surface area (TPSA) is 35.6 Å². The van der Waals surface area contributed by atoms with Gasteiger partial charge in [-0.1, -0.05) is 42.5 Å². The number of hydrogen-bond acceptors (Lipinski definition) is 3. The van der Waals surface area contributed by atoms with Gasteiger partial charge in [-0.3, -0.25) is 9.69 Å². The molecule has 1 aliphatic heterocycles. The molecular formula is C21H26FN3O. The molecule has 0 bridgehead atoms. The summed E-state index contributed by atoms with van der Waals surface area (Å²) in [6, 6.07) is 17.1. The van der Waals surface area contributed by atoms with E-state index in [1.807, 2.05) is 30.3 Å². The fraction of sp³-hybridized carbons (Fsp3) is 0.381. The molecule has 1 amide bonds. The van der Waals surface area contributed by atoms with E-state index in [2.05, 4.69) is 27.2 Å². The molecule has 0 spiro atoms. The molecule has 138 valence electrons. The molecule has 0 unspecified atom stereocenters. The zero-order chi connectivity index (χ0) is 18.2. The van der Waals surface area contributed by atoms with E-state index >= 15 is 0 Å². The summed E-state index contributed by atoms with van der Waals surface area (Å²) >= 11 is 0. The Labute approximate surface area is 154 Å². The van der Waals surface area contributed by atoms with Gasteiger partial charge in [0, 0.05) is 45.7 Å². The third-order valence-electron chi connectivity index (χ3n) is 4.80. The smallest absolute Gasteiger partial charge is 0.221 e. The van der Waals surface area contributed by atoms with Crippen molar-refractivity contribution >= 4 is 11.6 Å². The SMILES string of the molecule is O=C(CCN1CCN(c2ccccc2F)CC1)NCCc1ccccc1. The van der Waals surface area contributed by atoms with Crippen LogP contribution in [-0.4, -0.2) is 50.1 Å². The minimum atomic E-state index is -0.168. The van der Waals surface area contributed by atoms with Crippen molar-refractivity contribution in [1.82, 2.24) is 10.2 Å². The van der Waals surface area contributed by atoms with Gasteiger partial charge >= 0.3 is 0 Å². The Balaban J connectivity index is 1.33. The number of para-hydroxylation sites is 1. The quantitative estimate of drug-likeness (QED) is 0.829.